The Labute approximate surface area is 109 Å². The molecule has 1 unspecified atom stereocenters. The van der Waals surface area contributed by atoms with Crippen molar-refractivity contribution >= 4 is 11.6 Å². The molecule has 18 heavy (non-hydrogen) atoms. The summed E-state index contributed by atoms with van der Waals surface area (Å²) in [6.07, 6.45) is 1.60. The van der Waals surface area contributed by atoms with Crippen molar-refractivity contribution in [2.24, 2.45) is 5.73 Å². The molecular weight excluding hydrogens is 255 g/mol. The molecule has 1 atom stereocenters. The van der Waals surface area contributed by atoms with Crippen molar-refractivity contribution < 1.29 is 9.13 Å². The lowest BCUT2D eigenvalue weighted by atomic mass is 10.0. The molecule has 2 rings (SSSR count). The minimum Gasteiger partial charge on any atom is -0.495 e. The molecule has 0 spiro atoms. The van der Waals surface area contributed by atoms with Crippen LogP contribution in [0.25, 0.3) is 0 Å². The lowest BCUT2D eigenvalue weighted by Crippen LogP contribution is -2.15. The largest absolute Gasteiger partial charge is 0.495 e. The minimum atomic E-state index is -0.635. The highest BCUT2D eigenvalue weighted by molar-refractivity contribution is 6.31. The fraction of sp³-hybridized carbons (Fsp3) is 0.154. The molecule has 1 heterocycles. The van der Waals surface area contributed by atoms with Gasteiger partial charge in [-0.15, -0.1) is 0 Å². The highest BCUT2D eigenvalue weighted by atomic mass is 35.5. The molecule has 3 nitrogen and oxygen atoms in total. The second-order valence-corrected chi connectivity index (χ2v) is 4.09. The van der Waals surface area contributed by atoms with E-state index < -0.39 is 11.9 Å². The highest BCUT2D eigenvalue weighted by Gasteiger charge is 2.19. The Bertz CT molecular complexity index is 562. The van der Waals surface area contributed by atoms with E-state index in [4.69, 9.17) is 22.1 Å². The normalized spacial score (nSPS) is 12.2. The van der Waals surface area contributed by atoms with Gasteiger partial charge in [0.2, 0.25) is 0 Å². The molecular formula is C13H12ClFN2O. The Morgan fingerprint density at radius 2 is 2.11 bits per heavy atom. The summed E-state index contributed by atoms with van der Waals surface area (Å²) in [6.45, 7) is 0. The van der Waals surface area contributed by atoms with Crippen LogP contribution in [0.4, 0.5) is 4.39 Å². The first-order valence-corrected chi connectivity index (χ1v) is 5.71. The first-order valence-electron chi connectivity index (χ1n) is 5.33. The minimum absolute atomic E-state index is 0.0118. The van der Waals surface area contributed by atoms with Crippen LogP contribution in [0.3, 0.4) is 0 Å². The monoisotopic (exact) mass is 266 g/mol. The maximum absolute atomic E-state index is 13.4. The zero-order valence-corrected chi connectivity index (χ0v) is 10.5. The van der Waals surface area contributed by atoms with Crippen molar-refractivity contribution in [3.8, 4) is 5.75 Å². The first-order chi connectivity index (χ1) is 8.65. The number of nitrogens with zero attached hydrogens (tertiary/aromatic N) is 1. The zero-order valence-electron chi connectivity index (χ0n) is 9.73. The fourth-order valence-corrected chi connectivity index (χ4v) is 1.96. The Hall–Kier alpha value is -1.65. The number of aromatic nitrogens is 1. The van der Waals surface area contributed by atoms with Crippen LogP contribution in [0, 0.1) is 5.82 Å². The molecule has 1 aromatic carbocycles. The number of hydrogen-bond acceptors (Lipinski definition) is 3. The third-order valence-electron chi connectivity index (χ3n) is 2.63. The molecule has 0 aliphatic rings. The van der Waals surface area contributed by atoms with Crippen LogP contribution < -0.4 is 10.5 Å². The third kappa shape index (κ3) is 2.30. The van der Waals surface area contributed by atoms with Gasteiger partial charge in [0.15, 0.2) is 0 Å². The Kier molecular flexibility index (Phi) is 3.79. The molecule has 5 heteroatoms. The molecule has 0 fully saturated rings. The fourth-order valence-electron chi connectivity index (χ4n) is 1.72. The predicted molar refractivity (Wildman–Crippen MR) is 68.2 cm³/mol. The van der Waals surface area contributed by atoms with Crippen LogP contribution >= 0.6 is 11.6 Å². The van der Waals surface area contributed by atoms with E-state index in [1.807, 2.05) is 0 Å². The molecule has 2 N–H and O–H groups in total. The van der Waals surface area contributed by atoms with E-state index >= 15 is 0 Å². The standard InChI is InChI=1S/C13H12ClFN2O/c1-18-10-6-3-7-17-13(10)12(16)8-4-2-5-9(15)11(8)14/h2-7,12H,16H2,1H3. The van der Waals surface area contributed by atoms with Crippen molar-refractivity contribution in [1.29, 1.82) is 0 Å². The number of methoxy groups -OCH3 is 1. The average Bonchev–Trinajstić information content (AvgIpc) is 2.41. The molecule has 94 valence electrons. The number of ether oxygens (including phenoxy) is 1. The van der Waals surface area contributed by atoms with Crippen molar-refractivity contribution in [2.45, 2.75) is 6.04 Å². The maximum atomic E-state index is 13.4. The SMILES string of the molecule is COc1cccnc1C(N)c1cccc(F)c1Cl. The number of nitrogens with two attached hydrogens (primary N) is 1. The van der Waals surface area contributed by atoms with E-state index in [1.165, 1.54) is 13.2 Å². The van der Waals surface area contributed by atoms with Gasteiger partial charge in [0.1, 0.15) is 17.3 Å². The van der Waals surface area contributed by atoms with Gasteiger partial charge < -0.3 is 10.5 Å². The second kappa shape index (κ2) is 5.33. The van der Waals surface area contributed by atoms with E-state index in [0.717, 1.165) is 0 Å². The van der Waals surface area contributed by atoms with Crippen molar-refractivity contribution in [2.75, 3.05) is 7.11 Å². The summed E-state index contributed by atoms with van der Waals surface area (Å²) in [5, 5.41) is 0.0118. The van der Waals surface area contributed by atoms with Gasteiger partial charge in [-0.05, 0) is 23.8 Å². The van der Waals surface area contributed by atoms with Gasteiger partial charge >= 0.3 is 0 Å². The third-order valence-corrected chi connectivity index (χ3v) is 3.03. The number of benzene rings is 1. The van der Waals surface area contributed by atoms with Crippen molar-refractivity contribution in [3.63, 3.8) is 0 Å². The summed E-state index contributed by atoms with van der Waals surface area (Å²) in [5.74, 6) is 0.0462. The van der Waals surface area contributed by atoms with Crippen LogP contribution in [-0.4, -0.2) is 12.1 Å². The molecule has 0 saturated heterocycles. The van der Waals surface area contributed by atoms with Crippen LogP contribution in [0.1, 0.15) is 17.3 Å². The summed E-state index contributed by atoms with van der Waals surface area (Å²) in [7, 11) is 1.53. The van der Waals surface area contributed by atoms with Crippen LogP contribution in [-0.2, 0) is 0 Å². The van der Waals surface area contributed by atoms with E-state index in [9.17, 15) is 4.39 Å². The summed E-state index contributed by atoms with van der Waals surface area (Å²) in [6, 6.07) is 7.37. The molecule has 0 saturated carbocycles. The quantitative estimate of drug-likeness (QED) is 0.929. The Morgan fingerprint density at radius 1 is 1.33 bits per heavy atom. The smallest absolute Gasteiger partial charge is 0.142 e. The van der Waals surface area contributed by atoms with Gasteiger partial charge in [-0.1, -0.05) is 23.7 Å². The summed E-state index contributed by atoms with van der Waals surface area (Å²) >= 11 is 5.91. The summed E-state index contributed by atoms with van der Waals surface area (Å²) in [4.78, 5) is 4.17. The molecule has 0 amide bonds. The van der Waals surface area contributed by atoms with E-state index in [2.05, 4.69) is 4.98 Å². The number of pyridine rings is 1. The van der Waals surface area contributed by atoms with Crippen molar-refractivity contribution in [1.82, 2.24) is 4.98 Å². The maximum Gasteiger partial charge on any atom is 0.142 e. The number of hydrogen-bond donors (Lipinski definition) is 1. The van der Waals surface area contributed by atoms with E-state index in [0.29, 0.717) is 17.0 Å². The van der Waals surface area contributed by atoms with Crippen molar-refractivity contribution in [3.05, 3.63) is 58.6 Å². The van der Waals surface area contributed by atoms with Crippen LogP contribution in [0.5, 0.6) is 5.75 Å². The molecule has 0 aliphatic carbocycles. The topological polar surface area (TPSA) is 48.1 Å². The van der Waals surface area contributed by atoms with E-state index in [1.54, 1.807) is 30.5 Å². The lowest BCUT2D eigenvalue weighted by molar-refractivity contribution is 0.404. The van der Waals surface area contributed by atoms with Gasteiger partial charge in [-0.3, -0.25) is 4.98 Å². The summed E-state index contributed by atoms with van der Waals surface area (Å²) in [5.41, 5.74) is 7.07. The highest BCUT2D eigenvalue weighted by Crippen LogP contribution is 2.31. The van der Waals surface area contributed by atoms with Crippen LogP contribution in [0.2, 0.25) is 5.02 Å². The number of halogens is 2. The van der Waals surface area contributed by atoms with Gasteiger partial charge in [0, 0.05) is 6.20 Å². The Balaban J connectivity index is 2.48. The molecule has 0 radical (unpaired) electrons. The average molecular weight is 267 g/mol. The molecule has 0 bridgehead atoms. The van der Waals surface area contributed by atoms with Gasteiger partial charge in [-0.25, -0.2) is 4.39 Å². The van der Waals surface area contributed by atoms with Gasteiger partial charge in [-0.2, -0.15) is 0 Å². The lowest BCUT2D eigenvalue weighted by Gasteiger charge is -2.16. The van der Waals surface area contributed by atoms with E-state index in [-0.39, 0.29) is 5.02 Å². The first kappa shape index (κ1) is 12.8. The zero-order chi connectivity index (χ0) is 13.1. The number of rotatable bonds is 3. The second-order valence-electron chi connectivity index (χ2n) is 3.71. The molecule has 2 aromatic rings. The molecule has 1 aromatic heterocycles. The summed E-state index contributed by atoms with van der Waals surface area (Å²) < 4.78 is 18.6. The van der Waals surface area contributed by atoms with Gasteiger partial charge in [0.25, 0.3) is 0 Å². The predicted octanol–water partition coefficient (Wildman–Crippen LogP) is 2.93. The molecule has 0 aliphatic heterocycles. The van der Waals surface area contributed by atoms with Crippen LogP contribution in [0.15, 0.2) is 36.5 Å². The Morgan fingerprint density at radius 3 is 2.83 bits per heavy atom. The van der Waals surface area contributed by atoms with Gasteiger partial charge in [0.05, 0.1) is 18.2 Å².